The lowest BCUT2D eigenvalue weighted by Crippen LogP contribution is -2.17. The maximum Gasteiger partial charge on any atom is 0.274 e. The minimum absolute atomic E-state index is 0.272. The van der Waals surface area contributed by atoms with Crippen LogP contribution < -0.4 is 20.1 Å². The number of hydrogen-bond donors (Lipinski definition) is 2. The van der Waals surface area contributed by atoms with Gasteiger partial charge in [0.15, 0.2) is 11.5 Å². The molecule has 2 N–H and O–H groups in total. The van der Waals surface area contributed by atoms with Gasteiger partial charge in [-0.15, -0.1) is 0 Å². The fourth-order valence-corrected chi connectivity index (χ4v) is 2.79. The number of rotatable bonds is 5. The molecule has 7 heteroatoms. The Labute approximate surface area is 161 Å². The molecule has 28 heavy (non-hydrogen) atoms. The van der Waals surface area contributed by atoms with Gasteiger partial charge in [-0.3, -0.25) is 9.78 Å². The summed E-state index contributed by atoms with van der Waals surface area (Å²) in [7, 11) is 0. The first-order valence-corrected chi connectivity index (χ1v) is 8.83. The Morgan fingerprint density at radius 2 is 1.75 bits per heavy atom. The van der Waals surface area contributed by atoms with Gasteiger partial charge in [0.2, 0.25) is 0 Å². The smallest absolute Gasteiger partial charge is 0.274 e. The van der Waals surface area contributed by atoms with Gasteiger partial charge in [-0.2, -0.15) is 0 Å². The second-order valence-corrected chi connectivity index (χ2v) is 6.22. The van der Waals surface area contributed by atoms with E-state index in [-0.39, 0.29) is 17.4 Å². The van der Waals surface area contributed by atoms with Gasteiger partial charge in [-0.05, 0) is 42.0 Å². The Morgan fingerprint density at radius 1 is 0.964 bits per heavy atom. The van der Waals surface area contributed by atoms with Gasteiger partial charge in [0, 0.05) is 30.2 Å². The van der Waals surface area contributed by atoms with E-state index in [1.165, 1.54) is 12.1 Å². The molecule has 3 aromatic rings. The van der Waals surface area contributed by atoms with E-state index >= 15 is 0 Å². The van der Waals surface area contributed by atoms with Gasteiger partial charge in [-0.25, -0.2) is 4.39 Å². The van der Waals surface area contributed by atoms with Crippen molar-refractivity contribution in [3.8, 4) is 11.5 Å². The highest BCUT2D eigenvalue weighted by Crippen LogP contribution is 2.32. The van der Waals surface area contributed by atoms with Crippen LogP contribution in [0.15, 0.2) is 60.8 Å². The van der Waals surface area contributed by atoms with Crippen LogP contribution in [0, 0.1) is 5.82 Å². The van der Waals surface area contributed by atoms with Crippen LogP contribution in [-0.4, -0.2) is 24.1 Å². The number of carbonyl (C=O) groups is 1. The van der Waals surface area contributed by atoms with E-state index in [1.807, 2.05) is 0 Å². The molecule has 0 aliphatic carbocycles. The molecule has 2 aromatic carbocycles. The number of halogens is 1. The third-order valence-electron chi connectivity index (χ3n) is 4.20. The molecule has 1 aliphatic rings. The highest BCUT2D eigenvalue weighted by molar-refractivity contribution is 6.03. The number of aromatic nitrogens is 1. The molecule has 1 amide bonds. The van der Waals surface area contributed by atoms with Crippen molar-refractivity contribution >= 4 is 17.3 Å². The summed E-state index contributed by atoms with van der Waals surface area (Å²) in [5.41, 5.74) is 2.55. The highest BCUT2D eigenvalue weighted by Gasteiger charge is 2.14. The summed E-state index contributed by atoms with van der Waals surface area (Å²) in [6, 6.07) is 14.9. The molecule has 0 fully saturated rings. The normalized spacial score (nSPS) is 12.3. The molecule has 6 nitrogen and oxygen atoms in total. The molecule has 2 heterocycles. The maximum atomic E-state index is 13.0. The van der Waals surface area contributed by atoms with Gasteiger partial charge in [0.25, 0.3) is 5.91 Å². The lowest BCUT2D eigenvalue weighted by atomic mass is 10.2. The van der Waals surface area contributed by atoms with E-state index in [0.717, 1.165) is 11.3 Å². The van der Waals surface area contributed by atoms with Crippen LogP contribution in [0.2, 0.25) is 0 Å². The Balaban J connectivity index is 1.42. The molecule has 1 aromatic heterocycles. The second kappa shape index (κ2) is 7.96. The number of ether oxygens (including phenoxy) is 2. The summed E-state index contributed by atoms with van der Waals surface area (Å²) in [6.07, 6.45) is 1.56. The number of nitrogens with one attached hydrogen (secondary N) is 2. The fourth-order valence-electron chi connectivity index (χ4n) is 2.79. The highest BCUT2D eigenvalue weighted by atomic mass is 19.1. The SMILES string of the molecule is O=C(Nc1ccc2c(c1)OCCO2)c1cc(NCc2ccc(F)cc2)ccn1. The van der Waals surface area contributed by atoms with Crippen molar-refractivity contribution in [1.82, 2.24) is 4.98 Å². The van der Waals surface area contributed by atoms with E-state index in [9.17, 15) is 9.18 Å². The van der Waals surface area contributed by atoms with Crippen LogP contribution in [0.5, 0.6) is 11.5 Å². The van der Waals surface area contributed by atoms with Crippen LogP contribution in [0.3, 0.4) is 0 Å². The van der Waals surface area contributed by atoms with Crippen molar-refractivity contribution in [2.75, 3.05) is 23.8 Å². The minimum atomic E-state index is -0.331. The van der Waals surface area contributed by atoms with Crippen molar-refractivity contribution in [2.24, 2.45) is 0 Å². The molecule has 1 aliphatic heterocycles. The van der Waals surface area contributed by atoms with Crippen LogP contribution in [0.25, 0.3) is 0 Å². The molecule has 0 saturated heterocycles. The number of anilines is 2. The third kappa shape index (κ3) is 4.20. The third-order valence-corrected chi connectivity index (χ3v) is 4.20. The number of hydrogen-bond acceptors (Lipinski definition) is 5. The number of fused-ring (bicyclic) bond motifs is 1. The van der Waals surface area contributed by atoms with Crippen molar-refractivity contribution in [1.29, 1.82) is 0 Å². The van der Waals surface area contributed by atoms with E-state index < -0.39 is 0 Å². The van der Waals surface area contributed by atoms with Gasteiger partial charge in [0.05, 0.1) is 0 Å². The van der Waals surface area contributed by atoms with Gasteiger partial charge >= 0.3 is 0 Å². The van der Waals surface area contributed by atoms with Crippen LogP contribution >= 0.6 is 0 Å². The Hall–Kier alpha value is -3.61. The standard InChI is InChI=1S/C21H18FN3O3/c22-15-3-1-14(2-4-15)13-24-16-7-8-23-18(11-16)21(26)25-17-5-6-19-20(12-17)28-10-9-27-19/h1-8,11-12H,9-10,13H2,(H,23,24)(H,25,26). The first kappa shape index (κ1) is 17.8. The lowest BCUT2D eigenvalue weighted by Gasteiger charge is -2.19. The number of pyridine rings is 1. The van der Waals surface area contributed by atoms with Gasteiger partial charge in [-0.1, -0.05) is 12.1 Å². The van der Waals surface area contributed by atoms with E-state index in [4.69, 9.17) is 9.47 Å². The Kier molecular flexibility index (Phi) is 5.05. The molecular weight excluding hydrogens is 361 g/mol. The quantitative estimate of drug-likeness (QED) is 0.704. The van der Waals surface area contributed by atoms with Crippen LogP contribution in [-0.2, 0) is 6.54 Å². The van der Waals surface area contributed by atoms with Gasteiger partial charge in [0.1, 0.15) is 24.7 Å². The molecule has 0 bridgehead atoms. The molecule has 0 spiro atoms. The predicted molar refractivity (Wildman–Crippen MR) is 103 cm³/mol. The molecule has 4 rings (SSSR count). The zero-order chi connectivity index (χ0) is 19.3. The zero-order valence-electron chi connectivity index (χ0n) is 14.9. The van der Waals surface area contributed by atoms with Crippen molar-refractivity contribution < 1.29 is 18.7 Å². The minimum Gasteiger partial charge on any atom is -0.486 e. The molecule has 0 radical (unpaired) electrons. The summed E-state index contributed by atoms with van der Waals surface area (Å²) in [6.45, 7) is 1.50. The average molecular weight is 379 g/mol. The number of nitrogens with zero attached hydrogens (tertiary/aromatic N) is 1. The molecule has 0 saturated carbocycles. The molecular formula is C21H18FN3O3. The summed E-state index contributed by atoms with van der Waals surface area (Å²) in [4.78, 5) is 16.7. The summed E-state index contributed by atoms with van der Waals surface area (Å²) >= 11 is 0. The average Bonchev–Trinajstić information content (AvgIpc) is 2.73. The second-order valence-electron chi connectivity index (χ2n) is 6.22. The zero-order valence-corrected chi connectivity index (χ0v) is 14.9. The van der Waals surface area contributed by atoms with Crippen molar-refractivity contribution in [3.05, 3.63) is 77.9 Å². The molecule has 0 atom stereocenters. The summed E-state index contributed by atoms with van der Waals surface area (Å²) in [5, 5.41) is 6.01. The van der Waals surface area contributed by atoms with E-state index in [0.29, 0.717) is 36.9 Å². The summed E-state index contributed by atoms with van der Waals surface area (Å²) < 4.78 is 24.0. The topological polar surface area (TPSA) is 72.5 Å². The maximum absolute atomic E-state index is 13.0. The summed E-state index contributed by atoms with van der Waals surface area (Å²) in [5.74, 6) is 0.661. The fraction of sp³-hybridized carbons (Fsp3) is 0.143. The van der Waals surface area contributed by atoms with Gasteiger partial charge < -0.3 is 20.1 Å². The monoisotopic (exact) mass is 379 g/mol. The molecule has 142 valence electrons. The Morgan fingerprint density at radius 3 is 2.57 bits per heavy atom. The lowest BCUT2D eigenvalue weighted by molar-refractivity contribution is 0.102. The van der Waals surface area contributed by atoms with Crippen LogP contribution in [0.4, 0.5) is 15.8 Å². The van der Waals surface area contributed by atoms with Crippen LogP contribution in [0.1, 0.15) is 16.1 Å². The van der Waals surface area contributed by atoms with Crippen molar-refractivity contribution in [2.45, 2.75) is 6.54 Å². The number of amides is 1. The van der Waals surface area contributed by atoms with Crippen molar-refractivity contribution in [3.63, 3.8) is 0 Å². The number of benzene rings is 2. The number of carbonyl (C=O) groups excluding carboxylic acids is 1. The Bertz CT molecular complexity index is 992. The predicted octanol–water partition coefficient (Wildman–Crippen LogP) is 3.86. The first-order valence-electron chi connectivity index (χ1n) is 8.83. The van der Waals surface area contributed by atoms with E-state index in [1.54, 1.807) is 48.7 Å². The largest absolute Gasteiger partial charge is 0.486 e. The molecule has 0 unspecified atom stereocenters. The first-order chi connectivity index (χ1) is 13.7. The van der Waals surface area contributed by atoms with E-state index in [2.05, 4.69) is 15.6 Å².